The molecule has 126 valence electrons. The molecule has 0 radical (unpaired) electrons. The fourth-order valence-corrected chi connectivity index (χ4v) is 2.31. The lowest BCUT2D eigenvalue weighted by molar-refractivity contribution is -0.124. The van der Waals surface area contributed by atoms with E-state index in [-0.39, 0.29) is 18.6 Å². The van der Waals surface area contributed by atoms with E-state index in [9.17, 15) is 9.59 Å². The standard InChI is InChI=1S/C19H21NO4/c1-13-11-16(23-3)9-10-17(13)19(22)24-12-18(21)20-14(2)15-7-5-4-6-8-15/h4-11,14H,12H2,1-3H3,(H,20,21). The molecule has 0 aliphatic heterocycles. The van der Waals surface area contributed by atoms with Crippen LogP contribution in [0.3, 0.4) is 0 Å². The van der Waals surface area contributed by atoms with Gasteiger partial charge in [0.1, 0.15) is 5.75 Å². The summed E-state index contributed by atoms with van der Waals surface area (Å²) in [6, 6.07) is 14.5. The first kappa shape index (κ1) is 17.5. The lowest BCUT2D eigenvalue weighted by atomic mass is 10.1. The molecule has 24 heavy (non-hydrogen) atoms. The molecule has 0 fully saturated rings. The summed E-state index contributed by atoms with van der Waals surface area (Å²) in [6.07, 6.45) is 0. The highest BCUT2D eigenvalue weighted by atomic mass is 16.5. The van der Waals surface area contributed by atoms with E-state index in [4.69, 9.17) is 9.47 Å². The molecule has 1 N–H and O–H groups in total. The molecule has 0 bridgehead atoms. The van der Waals surface area contributed by atoms with Crippen molar-refractivity contribution >= 4 is 11.9 Å². The maximum Gasteiger partial charge on any atom is 0.338 e. The molecular weight excluding hydrogens is 306 g/mol. The Morgan fingerprint density at radius 1 is 1.12 bits per heavy atom. The third-order valence-corrected chi connectivity index (χ3v) is 3.66. The minimum absolute atomic E-state index is 0.153. The number of carbonyl (C=O) groups is 2. The van der Waals surface area contributed by atoms with Crippen molar-refractivity contribution < 1.29 is 19.1 Å². The van der Waals surface area contributed by atoms with Crippen molar-refractivity contribution in [3.8, 4) is 5.75 Å². The molecule has 0 saturated carbocycles. The van der Waals surface area contributed by atoms with Gasteiger partial charge in [0.2, 0.25) is 0 Å². The first-order valence-electron chi connectivity index (χ1n) is 7.67. The molecule has 0 aromatic heterocycles. The van der Waals surface area contributed by atoms with Crippen LogP contribution in [0.2, 0.25) is 0 Å². The van der Waals surface area contributed by atoms with Gasteiger partial charge in [0.15, 0.2) is 6.61 Å². The Bertz CT molecular complexity index is 713. The second-order valence-electron chi connectivity index (χ2n) is 5.46. The first-order chi connectivity index (χ1) is 11.5. The van der Waals surface area contributed by atoms with Gasteiger partial charge in [0.25, 0.3) is 5.91 Å². The molecule has 0 saturated heterocycles. The molecular formula is C19H21NO4. The van der Waals surface area contributed by atoms with Gasteiger partial charge in [-0.1, -0.05) is 30.3 Å². The quantitative estimate of drug-likeness (QED) is 0.828. The number of amides is 1. The number of hydrogen-bond donors (Lipinski definition) is 1. The van der Waals surface area contributed by atoms with Crippen LogP contribution < -0.4 is 10.1 Å². The number of methoxy groups -OCH3 is 1. The Kier molecular flexibility index (Phi) is 5.95. The second kappa shape index (κ2) is 8.15. The van der Waals surface area contributed by atoms with Crippen LogP contribution >= 0.6 is 0 Å². The molecule has 0 aliphatic carbocycles. The zero-order valence-electron chi connectivity index (χ0n) is 14.0. The van der Waals surface area contributed by atoms with Gasteiger partial charge in [-0.15, -0.1) is 0 Å². The summed E-state index contributed by atoms with van der Waals surface area (Å²) < 4.78 is 10.2. The van der Waals surface area contributed by atoms with Crippen molar-refractivity contribution in [2.45, 2.75) is 19.9 Å². The average molecular weight is 327 g/mol. The van der Waals surface area contributed by atoms with Crippen molar-refractivity contribution in [1.82, 2.24) is 5.32 Å². The van der Waals surface area contributed by atoms with E-state index >= 15 is 0 Å². The number of nitrogens with one attached hydrogen (secondary N) is 1. The zero-order chi connectivity index (χ0) is 17.5. The fourth-order valence-electron chi connectivity index (χ4n) is 2.31. The Balaban J connectivity index is 1.88. The molecule has 2 aromatic carbocycles. The van der Waals surface area contributed by atoms with Crippen molar-refractivity contribution in [2.24, 2.45) is 0 Å². The van der Waals surface area contributed by atoms with E-state index in [2.05, 4.69) is 5.32 Å². The van der Waals surface area contributed by atoms with Gasteiger partial charge in [-0.05, 0) is 43.2 Å². The Morgan fingerprint density at radius 3 is 2.46 bits per heavy atom. The van der Waals surface area contributed by atoms with E-state index in [1.54, 1.807) is 32.2 Å². The van der Waals surface area contributed by atoms with E-state index in [1.807, 2.05) is 37.3 Å². The van der Waals surface area contributed by atoms with Crippen LogP contribution in [0.1, 0.15) is 34.5 Å². The molecule has 0 aliphatic rings. The summed E-state index contributed by atoms with van der Waals surface area (Å²) in [5.41, 5.74) is 2.14. The average Bonchev–Trinajstić information content (AvgIpc) is 2.60. The smallest absolute Gasteiger partial charge is 0.338 e. The molecule has 0 spiro atoms. The summed E-state index contributed by atoms with van der Waals surface area (Å²) in [4.78, 5) is 24.0. The molecule has 5 heteroatoms. The Labute approximate surface area is 141 Å². The van der Waals surface area contributed by atoms with Crippen molar-refractivity contribution in [3.63, 3.8) is 0 Å². The molecule has 1 atom stereocenters. The van der Waals surface area contributed by atoms with Crippen molar-refractivity contribution in [1.29, 1.82) is 0 Å². The van der Waals surface area contributed by atoms with Gasteiger partial charge in [-0.25, -0.2) is 4.79 Å². The fraction of sp³-hybridized carbons (Fsp3) is 0.263. The van der Waals surface area contributed by atoms with Crippen molar-refractivity contribution in [3.05, 3.63) is 65.2 Å². The minimum Gasteiger partial charge on any atom is -0.497 e. The summed E-state index contributed by atoms with van der Waals surface area (Å²) in [7, 11) is 1.56. The number of ether oxygens (including phenoxy) is 2. The Hall–Kier alpha value is -2.82. The normalized spacial score (nSPS) is 11.5. The highest BCUT2D eigenvalue weighted by molar-refractivity contribution is 5.92. The SMILES string of the molecule is COc1ccc(C(=O)OCC(=O)NC(C)c2ccccc2)c(C)c1. The number of aryl methyl sites for hydroxylation is 1. The lowest BCUT2D eigenvalue weighted by Crippen LogP contribution is -2.31. The van der Waals surface area contributed by atoms with E-state index in [0.29, 0.717) is 11.3 Å². The summed E-state index contributed by atoms with van der Waals surface area (Å²) in [5.74, 6) is -0.206. The molecule has 2 rings (SSSR count). The third-order valence-electron chi connectivity index (χ3n) is 3.66. The summed E-state index contributed by atoms with van der Waals surface area (Å²) in [5, 5.41) is 2.80. The van der Waals surface area contributed by atoms with Gasteiger partial charge in [0.05, 0.1) is 18.7 Å². The van der Waals surface area contributed by atoms with Crippen LogP contribution in [0, 0.1) is 6.92 Å². The van der Waals surface area contributed by atoms with Gasteiger partial charge in [-0.2, -0.15) is 0 Å². The van der Waals surface area contributed by atoms with Gasteiger partial charge in [0, 0.05) is 0 Å². The van der Waals surface area contributed by atoms with E-state index in [1.165, 1.54) is 0 Å². The predicted molar refractivity (Wildman–Crippen MR) is 91.0 cm³/mol. The monoisotopic (exact) mass is 327 g/mol. The van der Waals surface area contributed by atoms with Crippen LogP contribution in [0.25, 0.3) is 0 Å². The largest absolute Gasteiger partial charge is 0.497 e. The van der Waals surface area contributed by atoms with Gasteiger partial charge in [-0.3, -0.25) is 4.79 Å². The number of esters is 1. The summed E-state index contributed by atoms with van der Waals surface area (Å²) in [6.45, 7) is 3.35. The number of rotatable bonds is 6. The van der Waals surface area contributed by atoms with Crippen LogP contribution in [0.5, 0.6) is 5.75 Å². The maximum atomic E-state index is 12.1. The molecule has 1 amide bonds. The minimum atomic E-state index is -0.530. The Morgan fingerprint density at radius 2 is 1.83 bits per heavy atom. The van der Waals surface area contributed by atoms with Crippen LogP contribution in [-0.4, -0.2) is 25.6 Å². The highest BCUT2D eigenvalue weighted by Gasteiger charge is 2.15. The van der Waals surface area contributed by atoms with Crippen LogP contribution in [0.4, 0.5) is 0 Å². The first-order valence-corrected chi connectivity index (χ1v) is 7.67. The number of carbonyl (C=O) groups excluding carboxylic acids is 2. The molecule has 0 heterocycles. The van der Waals surface area contributed by atoms with E-state index in [0.717, 1.165) is 11.1 Å². The lowest BCUT2D eigenvalue weighted by Gasteiger charge is -2.14. The maximum absolute atomic E-state index is 12.1. The van der Waals surface area contributed by atoms with Gasteiger partial charge >= 0.3 is 5.97 Å². The zero-order valence-corrected chi connectivity index (χ0v) is 14.0. The number of benzene rings is 2. The molecule has 2 aromatic rings. The van der Waals surface area contributed by atoms with Crippen molar-refractivity contribution in [2.75, 3.05) is 13.7 Å². The van der Waals surface area contributed by atoms with E-state index < -0.39 is 5.97 Å². The third kappa shape index (κ3) is 4.59. The molecule has 5 nitrogen and oxygen atoms in total. The van der Waals surface area contributed by atoms with Gasteiger partial charge < -0.3 is 14.8 Å². The number of hydrogen-bond acceptors (Lipinski definition) is 4. The van der Waals surface area contributed by atoms with Crippen LogP contribution in [-0.2, 0) is 9.53 Å². The predicted octanol–water partition coefficient (Wildman–Crippen LogP) is 3.04. The topological polar surface area (TPSA) is 64.6 Å². The second-order valence-corrected chi connectivity index (χ2v) is 5.46. The molecule has 1 unspecified atom stereocenters. The highest BCUT2D eigenvalue weighted by Crippen LogP contribution is 2.17. The van der Waals surface area contributed by atoms with Crippen LogP contribution in [0.15, 0.2) is 48.5 Å². The summed E-state index contributed by atoms with van der Waals surface area (Å²) >= 11 is 0.